The van der Waals surface area contributed by atoms with Gasteiger partial charge in [-0.25, -0.2) is 0 Å². The number of carbonyl (C=O) groups excluding carboxylic acids is 2. The Morgan fingerprint density at radius 1 is 1.55 bits per heavy atom. The van der Waals surface area contributed by atoms with Crippen LogP contribution in [0, 0.1) is 0 Å². The molecule has 5 heteroatoms. The first-order valence-corrected chi connectivity index (χ1v) is 3.92. The average Bonchev–Trinajstić information content (AvgIpc) is 1.85. The van der Waals surface area contributed by atoms with Gasteiger partial charge in [0.1, 0.15) is 12.2 Å². The Kier molecular flexibility index (Phi) is 5.24. The number of Topliss-reactive ketones (excluding diaryl/α,β-unsaturated/α-hetero) is 1. The van der Waals surface area contributed by atoms with Gasteiger partial charge in [0.2, 0.25) is 0 Å². The highest BCUT2D eigenvalue weighted by molar-refractivity contribution is 6.27. The maximum atomic E-state index is 10.6. The molecule has 0 saturated carbocycles. The van der Waals surface area contributed by atoms with E-state index in [0.29, 0.717) is 0 Å². The second kappa shape index (κ2) is 5.38. The lowest BCUT2D eigenvalue weighted by Gasteiger charge is -2.05. The van der Waals surface area contributed by atoms with Gasteiger partial charge >= 0.3 is 5.97 Å². The average molecular weight is 199 g/mol. The van der Waals surface area contributed by atoms with Crippen molar-refractivity contribution >= 4 is 35.0 Å². The summed E-state index contributed by atoms with van der Waals surface area (Å²) in [6, 6.07) is 0. The minimum atomic E-state index is -0.844. The number of hydrogen-bond donors (Lipinski definition) is 0. The monoisotopic (exact) mass is 198 g/mol. The quantitative estimate of drug-likeness (QED) is 0.389. The van der Waals surface area contributed by atoms with E-state index in [-0.39, 0.29) is 18.1 Å². The van der Waals surface area contributed by atoms with Crippen LogP contribution in [0.3, 0.4) is 0 Å². The van der Waals surface area contributed by atoms with Gasteiger partial charge in [-0.2, -0.15) is 0 Å². The molecule has 1 unspecified atom stereocenters. The standard InChI is InChI=1S/C6H8Cl2O3/c1-4(9)2-6(10)11-5(8)3-7/h5H,2-3H2,1H3. The molecule has 1 atom stereocenters. The summed E-state index contributed by atoms with van der Waals surface area (Å²) in [5.41, 5.74) is -0.844. The molecule has 0 amide bonds. The zero-order valence-electron chi connectivity index (χ0n) is 5.97. The Morgan fingerprint density at radius 2 is 2.09 bits per heavy atom. The molecule has 0 aromatic heterocycles. The number of ether oxygens (including phenoxy) is 1. The highest BCUT2D eigenvalue weighted by atomic mass is 35.5. The number of halogens is 2. The Balaban J connectivity index is 3.60. The molecule has 3 nitrogen and oxygen atoms in total. The molecule has 0 rings (SSSR count). The van der Waals surface area contributed by atoms with Crippen molar-refractivity contribution in [2.75, 3.05) is 5.88 Å². The summed E-state index contributed by atoms with van der Waals surface area (Å²) in [6.07, 6.45) is -0.250. The van der Waals surface area contributed by atoms with Gasteiger partial charge in [-0.1, -0.05) is 11.6 Å². The van der Waals surface area contributed by atoms with Crippen LogP contribution in [-0.2, 0) is 14.3 Å². The highest BCUT2D eigenvalue weighted by Crippen LogP contribution is 2.02. The predicted molar refractivity (Wildman–Crippen MR) is 41.8 cm³/mol. The second-order valence-corrected chi connectivity index (χ2v) is 2.73. The lowest BCUT2D eigenvalue weighted by molar-refractivity contribution is -0.146. The predicted octanol–water partition coefficient (Wildman–Crippen LogP) is 1.31. The molecule has 11 heavy (non-hydrogen) atoms. The summed E-state index contributed by atoms with van der Waals surface area (Å²) >= 11 is 10.6. The van der Waals surface area contributed by atoms with Crippen LogP contribution in [0.25, 0.3) is 0 Å². The molecule has 0 aromatic carbocycles. The van der Waals surface area contributed by atoms with Crippen molar-refractivity contribution in [3.8, 4) is 0 Å². The number of alkyl halides is 2. The molecule has 0 aliphatic heterocycles. The number of rotatable bonds is 4. The molecule has 0 saturated heterocycles. The van der Waals surface area contributed by atoms with Crippen molar-refractivity contribution in [1.29, 1.82) is 0 Å². The summed E-state index contributed by atoms with van der Waals surface area (Å²) in [4.78, 5) is 21.0. The fourth-order valence-electron chi connectivity index (χ4n) is 0.419. The molecule has 0 heterocycles. The molecule has 0 aliphatic carbocycles. The lowest BCUT2D eigenvalue weighted by atomic mass is 10.3. The van der Waals surface area contributed by atoms with E-state index in [9.17, 15) is 9.59 Å². The fraction of sp³-hybridized carbons (Fsp3) is 0.667. The summed E-state index contributed by atoms with van der Waals surface area (Å²) in [5, 5.41) is 0. The van der Waals surface area contributed by atoms with Crippen LogP contribution in [0.4, 0.5) is 0 Å². The normalized spacial score (nSPS) is 12.3. The van der Waals surface area contributed by atoms with E-state index < -0.39 is 11.5 Å². The van der Waals surface area contributed by atoms with Gasteiger partial charge in [0, 0.05) is 0 Å². The van der Waals surface area contributed by atoms with Crippen molar-refractivity contribution in [2.45, 2.75) is 18.9 Å². The van der Waals surface area contributed by atoms with E-state index in [1.165, 1.54) is 6.92 Å². The van der Waals surface area contributed by atoms with E-state index in [0.717, 1.165) is 0 Å². The van der Waals surface area contributed by atoms with Gasteiger partial charge in [0.05, 0.1) is 5.88 Å². The Bertz CT molecular complexity index is 158. The van der Waals surface area contributed by atoms with Gasteiger partial charge in [0.25, 0.3) is 0 Å². The van der Waals surface area contributed by atoms with Crippen molar-refractivity contribution in [2.24, 2.45) is 0 Å². The molecule has 0 bridgehead atoms. The van der Waals surface area contributed by atoms with E-state index in [1.807, 2.05) is 0 Å². The fourth-order valence-corrected chi connectivity index (χ4v) is 0.581. The summed E-state index contributed by atoms with van der Waals surface area (Å²) < 4.78 is 4.48. The molecule has 0 N–H and O–H groups in total. The van der Waals surface area contributed by atoms with Crippen LogP contribution in [0.1, 0.15) is 13.3 Å². The van der Waals surface area contributed by atoms with Crippen LogP contribution in [0.2, 0.25) is 0 Å². The van der Waals surface area contributed by atoms with E-state index >= 15 is 0 Å². The maximum absolute atomic E-state index is 10.6. The third-order valence-electron chi connectivity index (χ3n) is 0.774. The largest absolute Gasteiger partial charge is 0.444 e. The molecule has 0 aliphatic rings. The van der Waals surface area contributed by atoms with Gasteiger partial charge in [-0.05, 0) is 6.92 Å². The Labute approximate surface area is 74.6 Å². The van der Waals surface area contributed by atoms with E-state index in [1.54, 1.807) is 0 Å². The number of esters is 1. The SMILES string of the molecule is CC(=O)CC(=O)OC(Cl)CCl. The van der Waals surface area contributed by atoms with E-state index in [2.05, 4.69) is 4.74 Å². The minimum absolute atomic E-state index is 0.0190. The van der Waals surface area contributed by atoms with Crippen molar-refractivity contribution in [1.82, 2.24) is 0 Å². The first kappa shape index (κ1) is 10.7. The van der Waals surface area contributed by atoms with Crippen LogP contribution in [0.15, 0.2) is 0 Å². The molecule has 0 spiro atoms. The first-order chi connectivity index (χ1) is 5.06. The van der Waals surface area contributed by atoms with Crippen LogP contribution < -0.4 is 0 Å². The topological polar surface area (TPSA) is 43.4 Å². The van der Waals surface area contributed by atoms with Crippen LogP contribution >= 0.6 is 23.2 Å². The molecule has 0 radical (unpaired) electrons. The summed E-state index contributed by atoms with van der Waals surface area (Å²) in [7, 11) is 0. The van der Waals surface area contributed by atoms with Crippen molar-refractivity contribution in [3.05, 3.63) is 0 Å². The second-order valence-electron chi connectivity index (χ2n) is 1.93. The molecular weight excluding hydrogens is 191 g/mol. The van der Waals surface area contributed by atoms with Gasteiger partial charge in [0.15, 0.2) is 5.56 Å². The highest BCUT2D eigenvalue weighted by Gasteiger charge is 2.11. The third kappa shape index (κ3) is 6.13. The third-order valence-corrected chi connectivity index (χ3v) is 1.46. The first-order valence-electron chi connectivity index (χ1n) is 2.95. The van der Waals surface area contributed by atoms with Gasteiger partial charge < -0.3 is 4.74 Å². The Morgan fingerprint density at radius 3 is 2.45 bits per heavy atom. The zero-order valence-corrected chi connectivity index (χ0v) is 7.48. The van der Waals surface area contributed by atoms with Crippen molar-refractivity contribution in [3.63, 3.8) is 0 Å². The molecule has 0 fully saturated rings. The zero-order chi connectivity index (χ0) is 8.85. The minimum Gasteiger partial charge on any atom is -0.444 e. The lowest BCUT2D eigenvalue weighted by Crippen LogP contribution is -2.15. The number of ketones is 1. The van der Waals surface area contributed by atoms with Crippen LogP contribution in [0.5, 0.6) is 0 Å². The van der Waals surface area contributed by atoms with E-state index in [4.69, 9.17) is 23.2 Å². The van der Waals surface area contributed by atoms with Gasteiger partial charge in [-0.3, -0.25) is 9.59 Å². The number of carbonyl (C=O) groups is 2. The smallest absolute Gasteiger partial charge is 0.314 e. The molecular formula is C6H8Cl2O3. The van der Waals surface area contributed by atoms with Crippen LogP contribution in [-0.4, -0.2) is 23.2 Å². The molecule has 0 aromatic rings. The number of hydrogen-bond acceptors (Lipinski definition) is 3. The Hall–Kier alpha value is -0.280. The summed E-state index contributed by atoms with van der Waals surface area (Å²) in [6.45, 7) is 1.30. The summed E-state index contributed by atoms with van der Waals surface area (Å²) in [5.74, 6) is -0.878. The van der Waals surface area contributed by atoms with Gasteiger partial charge in [-0.15, -0.1) is 11.6 Å². The molecule has 64 valence electrons. The maximum Gasteiger partial charge on any atom is 0.314 e. The van der Waals surface area contributed by atoms with Crippen molar-refractivity contribution < 1.29 is 14.3 Å².